The first-order chi connectivity index (χ1) is 10.2. The Hall–Kier alpha value is -2.34. The third-order valence-corrected chi connectivity index (χ3v) is 3.02. The van der Waals surface area contributed by atoms with Crippen molar-refractivity contribution in [1.29, 1.82) is 0 Å². The third kappa shape index (κ3) is 4.61. The lowest BCUT2D eigenvalue weighted by molar-refractivity contribution is -0.115. The Morgan fingerprint density at radius 3 is 2.90 bits per heavy atom. The molecule has 6 heteroatoms. The van der Waals surface area contributed by atoms with Gasteiger partial charge < -0.3 is 15.4 Å². The zero-order valence-electron chi connectivity index (χ0n) is 12.3. The zero-order valence-corrected chi connectivity index (χ0v) is 12.3. The van der Waals surface area contributed by atoms with Gasteiger partial charge in [0, 0.05) is 13.2 Å². The van der Waals surface area contributed by atoms with E-state index in [0.717, 1.165) is 18.5 Å². The van der Waals surface area contributed by atoms with Crippen molar-refractivity contribution in [3.05, 3.63) is 42.2 Å². The van der Waals surface area contributed by atoms with Gasteiger partial charge in [0.25, 0.3) is 0 Å². The Bertz CT molecular complexity index is 595. The monoisotopic (exact) mass is 288 g/mol. The number of para-hydroxylation sites is 2. The number of aromatic nitrogens is 2. The van der Waals surface area contributed by atoms with Crippen molar-refractivity contribution >= 4 is 11.6 Å². The van der Waals surface area contributed by atoms with Crippen molar-refractivity contribution < 1.29 is 9.53 Å². The molecule has 2 aromatic rings. The molecule has 21 heavy (non-hydrogen) atoms. The molecule has 0 atom stereocenters. The number of rotatable bonds is 7. The van der Waals surface area contributed by atoms with Gasteiger partial charge >= 0.3 is 0 Å². The number of hydrogen-bond acceptors (Lipinski definition) is 4. The van der Waals surface area contributed by atoms with Crippen molar-refractivity contribution in [3.63, 3.8) is 0 Å². The molecule has 112 valence electrons. The van der Waals surface area contributed by atoms with Gasteiger partial charge in [-0.05, 0) is 30.7 Å². The first-order valence-corrected chi connectivity index (χ1v) is 6.80. The van der Waals surface area contributed by atoms with E-state index in [0.29, 0.717) is 11.4 Å². The third-order valence-electron chi connectivity index (χ3n) is 3.02. The second-order valence-corrected chi connectivity index (χ2v) is 4.70. The van der Waals surface area contributed by atoms with Crippen molar-refractivity contribution in [3.8, 4) is 5.75 Å². The van der Waals surface area contributed by atoms with Crippen molar-refractivity contribution in [1.82, 2.24) is 15.1 Å². The Kier molecular flexibility index (Phi) is 5.34. The summed E-state index contributed by atoms with van der Waals surface area (Å²) >= 11 is 0. The quantitative estimate of drug-likeness (QED) is 0.751. The van der Waals surface area contributed by atoms with Crippen LogP contribution < -0.4 is 15.4 Å². The van der Waals surface area contributed by atoms with Crippen LogP contribution in [0, 0.1) is 0 Å². The first kappa shape index (κ1) is 15.1. The van der Waals surface area contributed by atoms with E-state index < -0.39 is 0 Å². The number of anilines is 1. The van der Waals surface area contributed by atoms with E-state index >= 15 is 0 Å². The number of ether oxygens (including phenoxy) is 1. The van der Waals surface area contributed by atoms with E-state index in [1.165, 1.54) is 0 Å². The molecule has 6 nitrogen and oxygen atoms in total. The van der Waals surface area contributed by atoms with Crippen molar-refractivity contribution in [2.45, 2.75) is 6.42 Å². The average Bonchev–Trinajstić information content (AvgIpc) is 2.90. The van der Waals surface area contributed by atoms with Gasteiger partial charge in [-0.3, -0.25) is 9.48 Å². The molecule has 2 rings (SSSR count). The maximum atomic E-state index is 11.9. The van der Waals surface area contributed by atoms with E-state index in [1.54, 1.807) is 11.8 Å². The molecule has 0 fully saturated rings. The molecule has 0 saturated carbocycles. The van der Waals surface area contributed by atoms with Crippen LogP contribution in [0.3, 0.4) is 0 Å². The van der Waals surface area contributed by atoms with Gasteiger partial charge in [-0.15, -0.1) is 0 Å². The lowest BCUT2D eigenvalue weighted by Crippen LogP contribution is -2.29. The molecule has 0 saturated heterocycles. The highest BCUT2D eigenvalue weighted by Gasteiger charge is 2.06. The standard InChI is InChI=1S/C15H20N4O2/c1-19-11-12(9-17-19)7-8-16-10-15(20)18-13-5-3-4-6-14(13)21-2/h3-6,9,11,16H,7-8,10H2,1-2H3,(H,18,20). The Morgan fingerprint density at radius 2 is 2.19 bits per heavy atom. The van der Waals surface area contributed by atoms with Gasteiger partial charge in [-0.25, -0.2) is 0 Å². The van der Waals surface area contributed by atoms with Crippen LogP contribution in [0.2, 0.25) is 0 Å². The number of aryl methyl sites for hydroxylation is 1. The Balaban J connectivity index is 1.72. The van der Waals surface area contributed by atoms with Crippen LogP contribution in [0.1, 0.15) is 5.56 Å². The summed E-state index contributed by atoms with van der Waals surface area (Å²) in [6.07, 6.45) is 4.64. The van der Waals surface area contributed by atoms with Gasteiger partial charge in [0.2, 0.25) is 5.91 Å². The summed E-state index contributed by atoms with van der Waals surface area (Å²) in [7, 11) is 3.47. The number of benzene rings is 1. The molecule has 0 spiro atoms. The van der Waals surface area contributed by atoms with Crippen LogP contribution in [0.15, 0.2) is 36.7 Å². The van der Waals surface area contributed by atoms with Crippen LogP contribution in [-0.4, -0.2) is 35.9 Å². The van der Waals surface area contributed by atoms with Crippen molar-refractivity contribution in [2.75, 3.05) is 25.5 Å². The second-order valence-electron chi connectivity index (χ2n) is 4.70. The fraction of sp³-hybridized carbons (Fsp3) is 0.333. The molecule has 0 unspecified atom stereocenters. The SMILES string of the molecule is COc1ccccc1NC(=O)CNCCc1cnn(C)c1. The largest absolute Gasteiger partial charge is 0.495 e. The van der Waals surface area contributed by atoms with E-state index in [-0.39, 0.29) is 12.5 Å². The van der Waals surface area contributed by atoms with Gasteiger partial charge in [0.1, 0.15) is 5.75 Å². The molecule has 0 aliphatic heterocycles. The summed E-state index contributed by atoms with van der Waals surface area (Å²) in [6.45, 7) is 0.989. The van der Waals surface area contributed by atoms with E-state index in [2.05, 4.69) is 15.7 Å². The van der Waals surface area contributed by atoms with E-state index in [4.69, 9.17) is 4.74 Å². The van der Waals surface area contributed by atoms with Gasteiger partial charge in [-0.2, -0.15) is 5.10 Å². The number of hydrogen-bond donors (Lipinski definition) is 2. The minimum Gasteiger partial charge on any atom is -0.495 e. The zero-order chi connectivity index (χ0) is 15.1. The number of amides is 1. The molecule has 0 aliphatic rings. The van der Waals surface area contributed by atoms with Crippen LogP contribution in [0.4, 0.5) is 5.69 Å². The smallest absolute Gasteiger partial charge is 0.238 e. The second kappa shape index (κ2) is 7.44. The summed E-state index contributed by atoms with van der Waals surface area (Å²) < 4.78 is 6.96. The molecule has 1 aromatic carbocycles. The first-order valence-electron chi connectivity index (χ1n) is 6.80. The van der Waals surface area contributed by atoms with Crippen LogP contribution in [0.5, 0.6) is 5.75 Å². The lowest BCUT2D eigenvalue weighted by Gasteiger charge is -2.10. The molecule has 0 aliphatic carbocycles. The van der Waals surface area contributed by atoms with Crippen LogP contribution in [-0.2, 0) is 18.3 Å². The Morgan fingerprint density at radius 1 is 1.38 bits per heavy atom. The molecule has 1 heterocycles. The highest BCUT2D eigenvalue weighted by Crippen LogP contribution is 2.22. The lowest BCUT2D eigenvalue weighted by atomic mass is 10.2. The number of carbonyl (C=O) groups excluding carboxylic acids is 1. The van der Waals surface area contributed by atoms with Crippen LogP contribution >= 0.6 is 0 Å². The minimum absolute atomic E-state index is 0.0920. The van der Waals surface area contributed by atoms with Crippen molar-refractivity contribution in [2.24, 2.45) is 7.05 Å². The van der Waals surface area contributed by atoms with E-state index in [1.807, 2.05) is 43.7 Å². The molecule has 1 amide bonds. The normalized spacial score (nSPS) is 10.4. The molecule has 0 radical (unpaired) electrons. The van der Waals surface area contributed by atoms with Gasteiger partial charge in [0.05, 0.1) is 25.5 Å². The molecular weight excluding hydrogens is 268 g/mol. The van der Waals surface area contributed by atoms with E-state index in [9.17, 15) is 4.79 Å². The van der Waals surface area contributed by atoms with Gasteiger partial charge in [0.15, 0.2) is 0 Å². The fourth-order valence-corrected chi connectivity index (χ4v) is 1.98. The summed E-state index contributed by atoms with van der Waals surface area (Å²) in [5.41, 5.74) is 1.83. The summed E-state index contributed by atoms with van der Waals surface area (Å²) in [6, 6.07) is 7.34. The molecular formula is C15H20N4O2. The fourth-order valence-electron chi connectivity index (χ4n) is 1.98. The predicted octanol–water partition coefficient (Wildman–Crippen LogP) is 1.20. The minimum atomic E-state index is -0.0920. The number of carbonyl (C=O) groups is 1. The molecule has 0 bridgehead atoms. The van der Waals surface area contributed by atoms with Crippen LogP contribution in [0.25, 0.3) is 0 Å². The maximum absolute atomic E-state index is 11.9. The molecule has 1 aromatic heterocycles. The average molecular weight is 288 g/mol. The highest BCUT2D eigenvalue weighted by atomic mass is 16.5. The molecule has 2 N–H and O–H groups in total. The van der Waals surface area contributed by atoms with Gasteiger partial charge in [-0.1, -0.05) is 12.1 Å². The summed E-state index contributed by atoms with van der Waals surface area (Å²) in [5.74, 6) is 0.562. The Labute approximate surface area is 124 Å². The number of nitrogens with zero attached hydrogens (tertiary/aromatic N) is 2. The number of methoxy groups -OCH3 is 1. The topological polar surface area (TPSA) is 68.2 Å². The highest BCUT2D eigenvalue weighted by molar-refractivity contribution is 5.93. The number of nitrogens with one attached hydrogen (secondary N) is 2. The summed E-state index contributed by atoms with van der Waals surface area (Å²) in [4.78, 5) is 11.9. The summed E-state index contributed by atoms with van der Waals surface area (Å²) in [5, 5.41) is 10.0. The predicted molar refractivity (Wildman–Crippen MR) is 81.4 cm³/mol. The maximum Gasteiger partial charge on any atom is 0.238 e.